The Hall–Kier alpha value is -0.150. The molecule has 0 spiro atoms. The molecule has 1 aromatic heterocycles. The summed E-state index contributed by atoms with van der Waals surface area (Å²) in [6.07, 6.45) is 5.61. The summed E-state index contributed by atoms with van der Waals surface area (Å²) in [5.41, 5.74) is -0.0679. The van der Waals surface area contributed by atoms with Crippen LogP contribution in [0, 0.1) is 11.3 Å². The molecular formula is C14H19BrOS. The molecule has 0 unspecified atom stereocenters. The van der Waals surface area contributed by atoms with Gasteiger partial charge in [0.05, 0.1) is 4.88 Å². The number of hydrogen-bond acceptors (Lipinski definition) is 2. The van der Waals surface area contributed by atoms with Crippen LogP contribution in [0.3, 0.4) is 0 Å². The molecule has 1 fully saturated rings. The van der Waals surface area contributed by atoms with Crippen molar-refractivity contribution in [1.82, 2.24) is 0 Å². The van der Waals surface area contributed by atoms with Gasteiger partial charge in [0.1, 0.15) is 0 Å². The molecule has 1 heterocycles. The van der Waals surface area contributed by atoms with Crippen molar-refractivity contribution < 1.29 is 4.79 Å². The standard InChI is InChI=1S/C14H19BrOS/c1-10(2)9-14(6-3-4-7-14)13(16)12-11(15)5-8-17-12/h5,8,10H,3-4,6-7,9H2,1-2H3. The number of carbonyl (C=O) groups is 1. The Kier molecular flexibility index (Phi) is 4.09. The minimum absolute atomic E-state index is 0.0679. The van der Waals surface area contributed by atoms with E-state index in [9.17, 15) is 4.79 Å². The Morgan fingerprint density at radius 1 is 1.47 bits per heavy atom. The van der Waals surface area contributed by atoms with Gasteiger partial charge in [-0.15, -0.1) is 11.3 Å². The summed E-state index contributed by atoms with van der Waals surface area (Å²) in [7, 11) is 0. The first-order chi connectivity index (χ1) is 8.05. The number of hydrogen-bond donors (Lipinski definition) is 0. The molecule has 1 nitrogen and oxygen atoms in total. The number of halogens is 1. The van der Waals surface area contributed by atoms with Crippen LogP contribution in [-0.2, 0) is 0 Å². The van der Waals surface area contributed by atoms with Crippen LogP contribution in [0.2, 0.25) is 0 Å². The first kappa shape index (κ1) is 13.3. The van der Waals surface area contributed by atoms with E-state index in [-0.39, 0.29) is 5.41 Å². The fourth-order valence-electron chi connectivity index (χ4n) is 3.05. The summed E-state index contributed by atoms with van der Waals surface area (Å²) in [5.74, 6) is 0.973. The van der Waals surface area contributed by atoms with Gasteiger partial charge in [-0.2, -0.15) is 0 Å². The lowest BCUT2D eigenvalue weighted by atomic mass is 9.74. The van der Waals surface area contributed by atoms with E-state index < -0.39 is 0 Å². The lowest BCUT2D eigenvalue weighted by Crippen LogP contribution is -2.29. The second-order valence-electron chi connectivity index (χ2n) is 5.51. The lowest BCUT2D eigenvalue weighted by molar-refractivity contribution is 0.0764. The maximum Gasteiger partial charge on any atom is 0.180 e. The van der Waals surface area contributed by atoms with Crippen LogP contribution in [0.4, 0.5) is 0 Å². The Balaban J connectivity index is 2.28. The van der Waals surface area contributed by atoms with Crippen molar-refractivity contribution in [2.45, 2.75) is 46.0 Å². The maximum atomic E-state index is 12.8. The second kappa shape index (κ2) is 5.23. The SMILES string of the molecule is CC(C)CC1(C(=O)c2sccc2Br)CCCC1. The average Bonchev–Trinajstić information content (AvgIpc) is 2.86. The molecule has 1 aliphatic rings. The number of rotatable bonds is 4. The van der Waals surface area contributed by atoms with Gasteiger partial charge in [0.15, 0.2) is 5.78 Å². The third kappa shape index (κ3) is 2.65. The van der Waals surface area contributed by atoms with Gasteiger partial charge in [-0.25, -0.2) is 0 Å². The van der Waals surface area contributed by atoms with E-state index in [1.165, 1.54) is 12.8 Å². The number of ketones is 1. The molecule has 0 aliphatic heterocycles. The summed E-state index contributed by atoms with van der Waals surface area (Å²) in [5, 5.41) is 2.00. The van der Waals surface area contributed by atoms with Crippen LogP contribution >= 0.6 is 27.3 Å². The zero-order valence-electron chi connectivity index (χ0n) is 10.5. The van der Waals surface area contributed by atoms with Crippen molar-refractivity contribution >= 4 is 33.0 Å². The van der Waals surface area contributed by atoms with E-state index in [2.05, 4.69) is 29.8 Å². The van der Waals surface area contributed by atoms with E-state index >= 15 is 0 Å². The maximum absolute atomic E-state index is 12.8. The molecule has 2 rings (SSSR count). The normalized spacial score (nSPS) is 18.8. The highest BCUT2D eigenvalue weighted by Crippen LogP contribution is 2.47. The smallest absolute Gasteiger partial charge is 0.180 e. The predicted octanol–water partition coefficient (Wildman–Crippen LogP) is 5.30. The Morgan fingerprint density at radius 2 is 2.12 bits per heavy atom. The molecular weight excluding hydrogens is 296 g/mol. The summed E-state index contributed by atoms with van der Waals surface area (Å²) in [6.45, 7) is 4.44. The first-order valence-corrected chi connectivity index (χ1v) is 8.00. The molecule has 0 radical (unpaired) electrons. The Labute approximate surface area is 116 Å². The van der Waals surface area contributed by atoms with Crippen LogP contribution < -0.4 is 0 Å². The molecule has 0 bridgehead atoms. The fraction of sp³-hybridized carbons (Fsp3) is 0.643. The highest BCUT2D eigenvalue weighted by molar-refractivity contribution is 9.10. The van der Waals surface area contributed by atoms with E-state index in [1.807, 2.05) is 11.4 Å². The van der Waals surface area contributed by atoms with Gasteiger partial charge >= 0.3 is 0 Å². The van der Waals surface area contributed by atoms with Gasteiger partial charge < -0.3 is 0 Å². The van der Waals surface area contributed by atoms with Crippen LogP contribution in [0.15, 0.2) is 15.9 Å². The van der Waals surface area contributed by atoms with Gasteiger partial charge in [-0.3, -0.25) is 4.79 Å². The molecule has 94 valence electrons. The molecule has 1 aromatic rings. The highest BCUT2D eigenvalue weighted by atomic mass is 79.9. The molecule has 17 heavy (non-hydrogen) atoms. The van der Waals surface area contributed by atoms with Crippen molar-refractivity contribution in [1.29, 1.82) is 0 Å². The Bertz CT molecular complexity index is 402. The molecule has 0 atom stereocenters. The fourth-order valence-corrected chi connectivity index (χ4v) is 4.67. The first-order valence-electron chi connectivity index (χ1n) is 6.33. The lowest BCUT2D eigenvalue weighted by Gasteiger charge is -2.29. The average molecular weight is 315 g/mol. The van der Waals surface area contributed by atoms with Crippen LogP contribution in [0.5, 0.6) is 0 Å². The van der Waals surface area contributed by atoms with Crippen molar-refractivity contribution in [3.05, 3.63) is 20.8 Å². The van der Waals surface area contributed by atoms with Gasteiger partial charge in [-0.05, 0) is 52.6 Å². The molecule has 0 amide bonds. The van der Waals surface area contributed by atoms with E-state index in [1.54, 1.807) is 11.3 Å². The van der Waals surface area contributed by atoms with Crippen LogP contribution in [0.25, 0.3) is 0 Å². The summed E-state index contributed by atoms with van der Waals surface area (Å²) >= 11 is 5.07. The molecule has 0 saturated heterocycles. The van der Waals surface area contributed by atoms with Crippen molar-refractivity contribution in [3.8, 4) is 0 Å². The Morgan fingerprint density at radius 3 is 2.59 bits per heavy atom. The number of Topliss-reactive ketones (excluding diaryl/α,β-unsaturated/α-hetero) is 1. The largest absolute Gasteiger partial charge is 0.293 e. The minimum atomic E-state index is -0.0679. The van der Waals surface area contributed by atoms with Crippen molar-refractivity contribution in [2.24, 2.45) is 11.3 Å². The second-order valence-corrected chi connectivity index (χ2v) is 7.28. The highest BCUT2D eigenvalue weighted by Gasteiger charge is 2.42. The summed E-state index contributed by atoms with van der Waals surface area (Å²) in [4.78, 5) is 13.7. The van der Waals surface area contributed by atoms with E-state index in [0.717, 1.165) is 28.6 Å². The molecule has 1 saturated carbocycles. The number of carbonyl (C=O) groups excluding carboxylic acids is 1. The molecule has 3 heteroatoms. The third-order valence-corrected chi connectivity index (χ3v) is 5.50. The third-order valence-electron chi connectivity index (χ3n) is 3.66. The molecule has 0 N–H and O–H groups in total. The quantitative estimate of drug-likeness (QED) is 0.689. The van der Waals surface area contributed by atoms with Gasteiger partial charge in [0.25, 0.3) is 0 Å². The van der Waals surface area contributed by atoms with Crippen molar-refractivity contribution in [2.75, 3.05) is 0 Å². The van der Waals surface area contributed by atoms with Crippen LogP contribution in [0.1, 0.15) is 55.6 Å². The van der Waals surface area contributed by atoms with Gasteiger partial charge in [0, 0.05) is 9.89 Å². The number of thiophene rings is 1. The van der Waals surface area contributed by atoms with E-state index in [0.29, 0.717) is 11.7 Å². The minimum Gasteiger partial charge on any atom is -0.293 e. The zero-order chi connectivity index (χ0) is 12.5. The van der Waals surface area contributed by atoms with Gasteiger partial charge in [0.2, 0.25) is 0 Å². The topological polar surface area (TPSA) is 17.1 Å². The summed E-state index contributed by atoms with van der Waals surface area (Å²) in [6, 6.07) is 1.98. The summed E-state index contributed by atoms with van der Waals surface area (Å²) < 4.78 is 0.975. The van der Waals surface area contributed by atoms with Gasteiger partial charge in [-0.1, -0.05) is 26.7 Å². The van der Waals surface area contributed by atoms with Crippen molar-refractivity contribution in [3.63, 3.8) is 0 Å². The molecule has 1 aliphatic carbocycles. The van der Waals surface area contributed by atoms with Crippen LogP contribution in [-0.4, -0.2) is 5.78 Å². The monoisotopic (exact) mass is 314 g/mol. The molecule has 0 aromatic carbocycles. The predicted molar refractivity (Wildman–Crippen MR) is 76.7 cm³/mol. The van der Waals surface area contributed by atoms with E-state index in [4.69, 9.17) is 0 Å². The zero-order valence-corrected chi connectivity index (χ0v) is 12.9.